The highest BCUT2D eigenvalue weighted by Gasteiger charge is 2.25. The van der Waals surface area contributed by atoms with E-state index in [1.54, 1.807) is 23.1 Å². The number of amides is 1. The van der Waals surface area contributed by atoms with Gasteiger partial charge >= 0.3 is 0 Å². The van der Waals surface area contributed by atoms with Gasteiger partial charge in [-0.25, -0.2) is 0 Å². The number of carbonyl (C=O) groups is 1. The van der Waals surface area contributed by atoms with Gasteiger partial charge in [-0.2, -0.15) is 0 Å². The Kier molecular flexibility index (Phi) is 3.55. The van der Waals surface area contributed by atoms with Crippen molar-refractivity contribution in [2.45, 2.75) is 12.8 Å². The Morgan fingerprint density at radius 2 is 2.19 bits per heavy atom. The monoisotopic (exact) mass is 301 g/mol. The first-order valence-electron chi connectivity index (χ1n) is 5.28. The summed E-state index contributed by atoms with van der Waals surface area (Å²) >= 11 is 9.25. The summed E-state index contributed by atoms with van der Waals surface area (Å²) in [5, 5.41) is 0.581. The zero-order chi connectivity index (χ0) is 11.7. The average molecular weight is 303 g/mol. The lowest BCUT2D eigenvalue weighted by Crippen LogP contribution is -2.28. The predicted molar refractivity (Wildman–Crippen MR) is 68.8 cm³/mol. The summed E-state index contributed by atoms with van der Waals surface area (Å²) in [6, 6.07) is 5.29. The highest BCUT2D eigenvalue weighted by molar-refractivity contribution is 9.10. The molecule has 1 fully saturated rings. The van der Waals surface area contributed by atoms with Crippen molar-refractivity contribution in [2.75, 3.05) is 13.6 Å². The van der Waals surface area contributed by atoms with Gasteiger partial charge in [0, 0.05) is 28.7 Å². The standard InChI is InChI=1S/C12H13BrClNO/c1-15(7-8-2-3-8)12(16)9-4-10(13)6-11(14)5-9/h4-6,8H,2-3,7H2,1H3. The number of carbonyl (C=O) groups excluding carboxylic acids is 1. The third-order valence-corrected chi connectivity index (χ3v) is 3.36. The molecule has 0 saturated heterocycles. The molecule has 2 rings (SSSR count). The third kappa shape index (κ3) is 2.98. The van der Waals surface area contributed by atoms with Crippen molar-refractivity contribution >= 4 is 33.4 Å². The van der Waals surface area contributed by atoms with E-state index < -0.39 is 0 Å². The van der Waals surface area contributed by atoms with Crippen LogP contribution in [0, 0.1) is 5.92 Å². The van der Waals surface area contributed by atoms with E-state index in [1.165, 1.54) is 12.8 Å². The molecule has 86 valence electrons. The summed E-state index contributed by atoms with van der Waals surface area (Å²) in [4.78, 5) is 13.8. The molecule has 1 amide bonds. The molecule has 0 bridgehead atoms. The van der Waals surface area contributed by atoms with Gasteiger partial charge in [-0.05, 0) is 37.0 Å². The summed E-state index contributed by atoms with van der Waals surface area (Å²) < 4.78 is 0.836. The molecule has 0 aliphatic heterocycles. The van der Waals surface area contributed by atoms with Crippen LogP contribution in [-0.2, 0) is 0 Å². The van der Waals surface area contributed by atoms with E-state index in [9.17, 15) is 4.79 Å². The number of nitrogens with zero attached hydrogens (tertiary/aromatic N) is 1. The summed E-state index contributed by atoms with van der Waals surface area (Å²) in [5.74, 6) is 0.742. The Bertz CT molecular complexity index is 397. The third-order valence-electron chi connectivity index (χ3n) is 2.69. The quantitative estimate of drug-likeness (QED) is 0.835. The second-order valence-corrected chi connectivity index (χ2v) is 5.64. The second-order valence-electron chi connectivity index (χ2n) is 4.29. The maximum Gasteiger partial charge on any atom is 0.253 e. The van der Waals surface area contributed by atoms with E-state index in [0.717, 1.165) is 11.0 Å². The number of benzene rings is 1. The molecule has 0 radical (unpaired) electrons. The Hall–Kier alpha value is -0.540. The van der Waals surface area contributed by atoms with Gasteiger partial charge in [0.1, 0.15) is 0 Å². The molecule has 1 saturated carbocycles. The van der Waals surface area contributed by atoms with Gasteiger partial charge in [-0.3, -0.25) is 4.79 Å². The van der Waals surface area contributed by atoms with Crippen molar-refractivity contribution in [1.29, 1.82) is 0 Å². The van der Waals surface area contributed by atoms with Crippen LogP contribution in [0.5, 0.6) is 0 Å². The maximum absolute atomic E-state index is 12.1. The molecule has 0 atom stereocenters. The molecular formula is C12H13BrClNO. The second kappa shape index (κ2) is 4.76. The molecule has 16 heavy (non-hydrogen) atoms. The molecule has 4 heteroatoms. The minimum absolute atomic E-state index is 0.0371. The van der Waals surface area contributed by atoms with E-state index in [2.05, 4.69) is 15.9 Å². The SMILES string of the molecule is CN(CC1CC1)C(=O)c1cc(Cl)cc(Br)c1. The van der Waals surface area contributed by atoms with Crippen molar-refractivity contribution in [3.8, 4) is 0 Å². The van der Waals surface area contributed by atoms with Gasteiger partial charge in [0.2, 0.25) is 0 Å². The first kappa shape index (κ1) is 11.9. The zero-order valence-electron chi connectivity index (χ0n) is 9.04. The van der Waals surface area contributed by atoms with Gasteiger partial charge in [-0.15, -0.1) is 0 Å². The van der Waals surface area contributed by atoms with Crippen molar-refractivity contribution in [3.05, 3.63) is 33.3 Å². The Balaban J connectivity index is 2.12. The van der Waals surface area contributed by atoms with Gasteiger partial charge in [0.05, 0.1) is 0 Å². The first-order chi connectivity index (χ1) is 7.56. The Morgan fingerprint density at radius 3 is 2.75 bits per heavy atom. The number of rotatable bonds is 3. The van der Waals surface area contributed by atoms with Crippen LogP contribution in [0.3, 0.4) is 0 Å². The number of halogens is 2. The van der Waals surface area contributed by atoms with Crippen molar-refractivity contribution in [2.24, 2.45) is 5.92 Å². The molecule has 0 aromatic heterocycles. The fourth-order valence-corrected chi connectivity index (χ4v) is 2.53. The van der Waals surface area contributed by atoms with Crippen LogP contribution in [0.15, 0.2) is 22.7 Å². The fourth-order valence-electron chi connectivity index (χ4n) is 1.67. The average Bonchev–Trinajstić information content (AvgIpc) is 2.99. The van der Waals surface area contributed by atoms with Crippen molar-refractivity contribution in [1.82, 2.24) is 4.90 Å². The summed E-state index contributed by atoms with van der Waals surface area (Å²) in [6.07, 6.45) is 2.49. The Morgan fingerprint density at radius 1 is 1.50 bits per heavy atom. The van der Waals surface area contributed by atoms with E-state index >= 15 is 0 Å². The number of hydrogen-bond donors (Lipinski definition) is 0. The molecule has 2 nitrogen and oxygen atoms in total. The van der Waals surface area contributed by atoms with Crippen molar-refractivity contribution < 1.29 is 4.79 Å². The molecular weight excluding hydrogens is 289 g/mol. The van der Waals surface area contributed by atoms with Crippen LogP contribution in [0.4, 0.5) is 0 Å². The fraction of sp³-hybridized carbons (Fsp3) is 0.417. The summed E-state index contributed by atoms with van der Waals surface area (Å²) in [6.45, 7) is 0.850. The van der Waals surface area contributed by atoms with Crippen LogP contribution in [0.25, 0.3) is 0 Å². The van der Waals surface area contributed by atoms with Gasteiger partial charge in [0.25, 0.3) is 5.91 Å². The molecule has 1 aliphatic rings. The first-order valence-corrected chi connectivity index (χ1v) is 6.45. The normalized spacial score (nSPS) is 14.9. The largest absolute Gasteiger partial charge is 0.341 e. The maximum atomic E-state index is 12.1. The van der Waals surface area contributed by atoms with Gasteiger partial charge in [-0.1, -0.05) is 27.5 Å². The van der Waals surface area contributed by atoms with E-state index in [-0.39, 0.29) is 5.91 Å². The molecule has 1 aromatic carbocycles. The molecule has 1 aliphatic carbocycles. The topological polar surface area (TPSA) is 20.3 Å². The molecule has 1 aromatic rings. The molecule has 0 N–H and O–H groups in total. The molecule has 0 spiro atoms. The van der Waals surface area contributed by atoms with Crippen molar-refractivity contribution in [3.63, 3.8) is 0 Å². The van der Waals surface area contributed by atoms with Crippen LogP contribution in [0.1, 0.15) is 23.2 Å². The highest BCUT2D eigenvalue weighted by Crippen LogP contribution is 2.30. The lowest BCUT2D eigenvalue weighted by Gasteiger charge is -2.17. The van der Waals surface area contributed by atoms with E-state index in [1.807, 2.05) is 7.05 Å². The lowest BCUT2D eigenvalue weighted by molar-refractivity contribution is 0.0788. The Labute approximate surface area is 109 Å². The van der Waals surface area contributed by atoms with Gasteiger partial charge in [0.15, 0.2) is 0 Å². The number of hydrogen-bond acceptors (Lipinski definition) is 1. The highest BCUT2D eigenvalue weighted by atomic mass is 79.9. The van der Waals surface area contributed by atoms with E-state index in [4.69, 9.17) is 11.6 Å². The van der Waals surface area contributed by atoms with Crippen LogP contribution >= 0.6 is 27.5 Å². The van der Waals surface area contributed by atoms with Crippen LogP contribution in [-0.4, -0.2) is 24.4 Å². The smallest absolute Gasteiger partial charge is 0.253 e. The molecule has 0 heterocycles. The summed E-state index contributed by atoms with van der Waals surface area (Å²) in [7, 11) is 1.84. The van der Waals surface area contributed by atoms with Crippen LogP contribution < -0.4 is 0 Å². The minimum atomic E-state index is 0.0371. The zero-order valence-corrected chi connectivity index (χ0v) is 11.4. The van der Waals surface area contributed by atoms with E-state index in [0.29, 0.717) is 16.5 Å². The minimum Gasteiger partial charge on any atom is -0.341 e. The lowest BCUT2D eigenvalue weighted by atomic mass is 10.2. The van der Waals surface area contributed by atoms with Crippen LogP contribution in [0.2, 0.25) is 5.02 Å². The summed E-state index contributed by atoms with van der Waals surface area (Å²) in [5.41, 5.74) is 0.641. The molecule has 0 unspecified atom stereocenters. The predicted octanol–water partition coefficient (Wildman–Crippen LogP) is 3.58. The van der Waals surface area contributed by atoms with Gasteiger partial charge < -0.3 is 4.90 Å².